The first-order valence-electron chi connectivity index (χ1n) is 10.2. The number of aliphatic carboxylic acids is 1. The van der Waals surface area contributed by atoms with E-state index >= 15 is 0 Å². The molecule has 1 aliphatic carbocycles. The number of carboxylic acids is 1. The molecule has 1 N–H and O–H groups in total. The monoisotopic (exact) mass is 459 g/mol. The van der Waals surface area contributed by atoms with Crippen LogP contribution in [0.3, 0.4) is 0 Å². The van der Waals surface area contributed by atoms with E-state index in [-0.39, 0.29) is 18.2 Å². The molecule has 1 saturated heterocycles. The Morgan fingerprint density at radius 3 is 2.45 bits per heavy atom. The maximum absolute atomic E-state index is 13.5. The van der Waals surface area contributed by atoms with E-state index in [1.54, 1.807) is 30.3 Å². The highest BCUT2D eigenvalue weighted by atomic mass is 35.5. The highest BCUT2D eigenvalue weighted by molar-refractivity contribution is 6.30. The summed E-state index contributed by atoms with van der Waals surface area (Å²) < 4.78 is 6.29. The first-order chi connectivity index (χ1) is 14.9. The first kappa shape index (κ1) is 21.9. The second-order valence-electron chi connectivity index (χ2n) is 7.99. The van der Waals surface area contributed by atoms with Crippen LogP contribution in [0.1, 0.15) is 42.5 Å². The van der Waals surface area contributed by atoms with Crippen molar-refractivity contribution in [1.29, 1.82) is 0 Å². The van der Waals surface area contributed by atoms with Crippen LogP contribution in [-0.4, -0.2) is 34.0 Å². The van der Waals surface area contributed by atoms with Crippen LogP contribution in [0.4, 0.5) is 0 Å². The Labute approximate surface area is 191 Å². The summed E-state index contributed by atoms with van der Waals surface area (Å²) in [5, 5.41) is 11.2. The number of carboxylic acid groups (broad SMARTS) is 1. The Kier molecular flexibility index (Phi) is 6.37. The van der Waals surface area contributed by atoms with E-state index in [1.165, 1.54) is 4.90 Å². The van der Waals surface area contributed by atoms with Gasteiger partial charge in [-0.3, -0.25) is 4.79 Å². The lowest BCUT2D eigenvalue weighted by atomic mass is 9.89. The number of benzene rings is 2. The van der Waals surface area contributed by atoms with Crippen molar-refractivity contribution >= 4 is 35.1 Å². The van der Waals surface area contributed by atoms with Crippen molar-refractivity contribution in [1.82, 2.24) is 4.90 Å². The van der Waals surface area contributed by atoms with Gasteiger partial charge in [0.25, 0.3) is 5.91 Å². The summed E-state index contributed by atoms with van der Waals surface area (Å²) >= 11 is 12.3. The zero-order valence-corrected chi connectivity index (χ0v) is 18.3. The van der Waals surface area contributed by atoms with Crippen molar-refractivity contribution in [3.8, 4) is 0 Å². The van der Waals surface area contributed by atoms with Gasteiger partial charge in [0.2, 0.25) is 0 Å². The fourth-order valence-electron chi connectivity index (χ4n) is 4.28. The topological polar surface area (TPSA) is 66.8 Å². The van der Waals surface area contributed by atoms with Gasteiger partial charge in [-0.1, -0.05) is 53.5 Å². The lowest BCUT2D eigenvalue weighted by Gasteiger charge is -2.47. The third kappa shape index (κ3) is 4.49. The zero-order chi connectivity index (χ0) is 22.1. The Hall–Kier alpha value is -2.34. The predicted molar refractivity (Wildman–Crippen MR) is 119 cm³/mol. The van der Waals surface area contributed by atoms with E-state index in [4.69, 9.17) is 27.9 Å². The highest BCUT2D eigenvalue weighted by Crippen LogP contribution is 2.47. The van der Waals surface area contributed by atoms with Crippen molar-refractivity contribution in [2.75, 3.05) is 0 Å². The van der Waals surface area contributed by atoms with Gasteiger partial charge < -0.3 is 14.7 Å². The van der Waals surface area contributed by atoms with Gasteiger partial charge in [0.15, 0.2) is 0 Å². The minimum Gasteiger partial charge on any atom is -0.480 e. The number of hydrogen-bond donors (Lipinski definition) is 1. The minimum absolute atomic E-state index is 0.0706. The van der Waals surface area contributed by atoms with Gasteiger partial charge in [-0.2, -0.15) is 0 Å². The molecular formula is C24H23Cl2NO4. The van der Waals surface area contributed by atoms with Crippen LogP contribution in [0.25, 0.3) is 0 Å². The average Bonchev–Trinajstić information content (AvgIpc) is 3.56. The summed E-state index contributed by atoms with van der Waals surface area (Å²) in [6.07, 6.45) is 2.06. The fourth-order valence-corrected chi connectivity index (χ4v) is 4.60. The molecule has 0 aromatic heterocycles. The van der Waals surface area contributed by atoms with Gasteiger partial charge in [-0.05, 0) is 54.2 Å². The molecule has 5 nitrogen and oxygen atoms in total. The number of morpholine rings is 1. The third-order valence-electron chi connectivity index (χ3n) is 5.82. The molecule has 1 unspecified atom stereocenters. The van der Waals surface area contributed by atoms with Crippen molar-refractivity contribution in [2.45, 2.75) is 43.6 Å². The van der Waals surface area contributed by atoms with Gasteiger partial charge in [0.1, 0.15) is 18.2 Å². The molecule has 4 rings (SSSR count). The van der Waals surface area contributed by atoms with E-state index in [0.717, 1.165) is 24.0 Å². The molecule has 1 amide bonds. The lowest BCUT2D eigenvalue weighted by molar-refractivity contribution is -0.185. The predicted octanol–water partition coefficient (Wildman–Crippen LogP) is 5.44. The number of carbonyl (C=O) groups excluding carboxylic acids is 1. The fraction of sp³-hybridized carbons (Fsp3) is 0.333. The van der Waals surface area contributed by atoms with Crippen LogP contribution < -0.4 is 0 Å². The summed E-state index contributed by atoms with van der Waals surface area (Å²) in [5.74, 6) is -1.41. The quantitative estimate of drug-likeness (QED) is 0.559. The average molecular weight is 460 g/mol. The van der Waals surface area contributed by atoms with Crippen LogP contribution in [0.5, 0.6) is 0 Å². The molecule has 162 valence electrons. The van der Waals surface area contributed by atoms with Crippen LogP contribution in [0.15, 0.2) is 61.2 Å². The standard InChI is InChI=1S/C24H23Cl2NO4/c1-2-4-19-23(28)27(21(24(29)30)15-7-8-15)20(14-9-11-17(25)12-10-14)22(31-19)16-5-3-6-18(26)13-16/h2-3,5-6,9-13,15,19-22H,1,4,7-8H2,(H,29,30)/t19-,20+,21?,22-/m1/s1. The summed E-state index contributed by atoms with van der Waals surface area (Å²) in [7, 11) is 0. The van der Waals surface area contributed by atoms with Crippen LogP contribution in [0, 0.1) is 5.92 Å². The molecule has 7 heteroatoms. The van der Waals surface area contributed by atoms with E-state index in [1.807, 2.05) is 24.3 Å². The molecule has 1 saturated carbocycles. The van der Waals surface area contributed by atoms with Crippen molar-refractivity contribution in [3.63, 3.8) is 0 Å². The molecule has 1 heterocycles. The highest BCUT2D eigenvalue weighted by Gasteiger charge is 2.52. The number of hydrogen-bond acceptors (Lipinski definition) is 3. The Morgan fingerprint density at radius 2 is 1.87 bits per heavy atom. The van der Waals surface area contributed by atoms with Crippen LogP contribution >= 0.6 is 23.2 Å². The molecule has 2 fully saturated rings. The molecule has 0 bridgehead atoms. The smallest absolute Gasteiger partial charge is 0.326 e. The van der Waals surface area contributed by atoms with Crippen LogP contribution in [-0.2, 0) is 14.3 Å². The first-order valence-corrected chi connectivity index (χ1v) is 11.0. The second-order valence-corrected chi connectivity index (χ2v) is 8.86. The number of halogens is 2. The molecule has 2 aliphatic rings. The van der Waals surface area contributed by atoms with Crippen molar-refractivity contribution in [2.24, 2.45) is 5.92 Å². The summed E-state index contributed by atoms with van der Waals surface area (Å²) in [5.41, 5.74) is 1.53. The second kappa shape index (κ2) is 9.03. The maximum atomic E-state index is 13.5. The lowest BCUT2D eigenvalue weighted by Crippen LogP contribution is -2.57. The zero-order valence-electron chi connectivity index (χ0n) is 16.8. The summed E-state index contributed by atoms with van der Waals surface area (Å²) in [4.78, 5) is 27.4. The summed E-state index contributed by atoms with van der Waals surface area (Å²) in [6, 6.07) is 12.8. The van der Waals surface area contributed by atoms with Gasteiger partial charge in [-0.25, -0.2) is 4.79 Å². The third-order valence-corrected chi connectivity index (χ3v) is 6.31. The van der Waals surface area contributed by atoms with E-state index in [2.05, 4.69) is 6.58 Å². The molecular weight excluding hydrogens is 437 g/mol. The van der Waals surface area contributed by atoms with Crippen LogP contribution in [0.2, 0.25) is 10.0 Å². The van der Waals surface area contributed by atoms with E-state index in [0.29, 0.717) is 10.0 Å². The number of nitrogens with zero attached hydrogens (tertiary/aromatic N) is 1. The molecule has 31 heavy (non-hydrogen) atoms. The number of rotatable bonds is 7. The molecule has 4 atom stereocenters. The number of amides is 1. The minimum atomic E-state index is -1.00. The van der Waals surface area contributed by atoms with E-state index in [9.17, 15) is 14.7 Å². The number of carbonyl (C=O) groups is 2. The van der Waals surface area contributed by atoms with Gasteiger partial charge >= 0.3 is 5.97 Å². The van der Waals surface area contributed by atoms with Crippen molar-refractivity contribution in [3.05, 3.63) is 82.4 Å². The SMILES string of the molecule is C=CC[C@H]1O[C@H](c2cccc(Cl)c2)[C@H](c2ccc(Cl)cc2)N(C(C(=O)O)C2CC2)C1=O. The molecule has 2 aromatic rings. The molecule has 0 spiro atoms. The Bertz CT molecular complexity index is 989. The van der Waals surface area contributed by atoms with Gasteiger partial charge in [0, 0.05) is 16.5 Å². The maximum Gasteiger partial charge on any atom is 0.326 e. The van der Waals surface area contributed by atoms with E-state index < -0.39 is 30.3 Å². The molecule has 1 aliphatic heterocycles. The van der Waals surface area contributed by atoms with Gasteiger partial charge in [-0.15, -0.1) is 6.58 Å². The van der Waals surface area contributed by atoms with Crippen molar-refractivity contribution < 1.29 is 19.4 Å². The normalized spacial score (nSPS) is 24.6. The molecule has 0 radical (unpaired) electrons. The van der Waals surface area contributed by atoms with Gasteiger partial charge in [0.05, 0.1) is 6.04 Å². The molecule has 2 aromatic carbocycles. The summed E-state index contributed by atoms with van der Waals surface area (Å²) in [6.45, 7) is 3.74. The number of ether oxygens (including phenoxy) is 1. The Balaban J connectivity index is 1.88. The largest absolute Gasteiger partial charge is 0.480 e. The Morgan fingerprint density at radius 1 is 1.16 bits per heavy atom.